The molecular weight excluding hydrogens is 242 g/mol. The Kier molecular flexibility index (Phi) is 4.20. The quantitative estimate of drug-likeness (QED) is 0.767. The molecule has 0 radical (unpaired) electrons. The molecule has 1 saturated heterocycles. The number of rotatable bonds is 2. The Hall–Kier alpha value is -1.84. The summed E-state index contributed by atoms with van der Waals surface area (Å²) in [5, 5.41) is 0. The third-order valence-electron chi connectivity index (χ3n) is 3.64. The normalized spacial score (nSPS) is 22.9. The number of benzene rings is 1. The molecule has 0 aromatic heterocycles. The van der Waals surface area contributed by atoms with Gasteiger partial charge in [0, 0.05) is 11.6 Å². The molecule has 1 fully saturated rings. The van der Waals surface area contributed by atoms with Crippen LogP contribution >= 0.6 is 0 Å². The van der Waals surface area contributed by atoms with Crippen molar-refractivity contribution in [3.05, 3.63) is 35.9 Å². The van der Waals surface area contributed by atoms with E-state index in [1.807, 2.05) is 25.1 Å². The van der Waals surface area contributed by atoms with Crippen molar-refractivity contribution in [3.8, 4) is 0 Å². The van der Waals surface area contributed by atoms with Crippen LogP contribution in [0.2, 0.25) is 0 Å². The molecule has 4 heteroatoms. The molecule has 2 rings (SSSR count). The minimum absolute atomic E-state index is 0.0607. The largest absolute Gasteiger partial charge is 0.467 e. The monoisotopic (exact) mass is 261 g/mol. The molecule has 2 unspecified atom stereocenters. The van der Waals surface area contributed by atoms with Crippen LogP contribution in [0.1, 0.15) is 36.5 Å². The predicted octanol–water partition coefficient (Wildman–Crippen LogP) is 2.24. The van der Waals surface area contributed by atoms with Crippen LogP contribution in [0.4, 0.5) is 0 Å². The lowest BCUT2D eigenvalue weighted by Gasteiger charge is -2.39. The first-order chi connectivity index (χ1) is 9.15. The van der Waals surface area contributed by atoms with Gasteiger partial charge in [-0.15, -0.1) is 0 Å². The van der Waals surface area contributed by atoms with Crippen molar-refractivity contribution < 1.29 is 14.3 Å². The van der Waals surface area contributed by atoms with Gasteiger partial charge in [0.25, 0.3) is 5.91 Å². The van der Waals surface area contributed by atoms with Crippen LogP contribution in [0.3, 0.4) is 0 Å². The predicted molar refractivity (Wildman–Crippen MR) is 71.7 cm³/mol. The van der Waals surface area contributed by atoms with Crippen molar-refractivity contribution in [2.75, 3.05) is 7.11 Å². The number of piperidine rings is 1. The van der Waals surface area contributed by atoms with Crippen molar-refractivity contribution in [1.29, 1.82) is 0 Å². The molecule has 1 aromatic carbocycles. The SMILES string of the molecule is COC(=O)C1CCCC(C)N1C(=O)c1ccccc1. The van der Waals surface area contributed by atoms with Crippen LogP contribution in [0.25, 0.3) is 0 Å². The summed E-state index contributed by atoms with van der Waals surface area (Å²) in [6, 6.07) is 8.68. The van der Waals surface area contributed by atoms with Crippen LogP contribution in [-0.4, -0.2) is 36.0 Å². The maximum absolute atomic E-state index is 12.6. The summed E-state index contributed by atoms with van der Waals surface area (Å²) in [4.78, 5) is 26.1. The van der Waals surface area contributed by atoms with Crippen molar-refractivity contribution in [2.24, 2.45) is 0 Å². The maximum Gasteiger partial charge on any atom is 0.328 e. The fourth-order valence-corrected chi connectivity index (χ4v) is 2.63. The zero-order valence-electron chi connectivity index (χ0n) is 11.3. The highest BCUT2D eigenvalue weighted by Gasteiger charge is 2.37. The smallest absolute Gasteiger partial charge is 0.328 e. The second-order valence-electron chi connectivity index (χ2n) is 4.90. The molecule has 4 nitrogen and oxygen atoms in total. The molecule has 1 aromatic rings. The second kappa shape index (κ2) is 5.87. The van der Waals surface area contributed by atoms with E-state index in [9.17, 15) is 9.59 Å². The number of hydrogen-bond acceptors (Lipinski definition) is 3. The van der Waals surface area contributed by atoms with Gasteiger partial charge in [-0.25, -0.2) is 4.79 Å². The van der Waals surface area contributed by atoms with E-state index in [0.29, 0.717) is 12.0 Å². The highest BCUT2D eigenvalue weighted by molar-refractivity contribution is 5.97. The Balaban J connectivity index is 2.27. The molecule has 19 heavy (non-hydrogen) atoms. The molecule has 0 saturated carbocycles. The standard InChI is InChI=1S/C15H19NO3/c1-11-7-6-10-13(15(18)19-2)16(11)14(17)12-8-4-3-5-9-12/h3-5,8-9,11,13H,6-7,10H2,1-2H3. The summed E-state index contributed by atoms with van der Waals surface area (Å²) in [7, 11) is 1.37. The first-order valence-corrected chi connectivity index (χ1v) is 6.60. The molecule has 0 bridgehead atoms. The average molecular weight is 261 g/mol. The average Bonchev–Trinajstić information content (AvgIpc) is 2.46. The van der Waals surface area contributed by atoms with Crippen LogP contribution in [0, 0.1) is 0 Å². The van der Waals surface area contributed by atoms with Gasteiger partial charge in [-0.3, -0.25) is 4.79 Å². The number of carbonyl (C=O) groups excluding carboxylic acids is 2. The molecule has 1 aliphatic rings. The van der Waals surface area contributed by atoms with Crippen molar-refractivity contribution >= 4 is 11.9 Å². The van der Waals surface area contributed by atoms with Gasteiger partial charge in [-0.1, -0.05) is 18.2 Å². The fourth-order valence-electron chi connectivity index (χ4n) is 2.63. The minimum atomic E-state index is -0.457. The second-order valence-corrected chi connectivity index (χ2v) is 4.90. The topological polar surface area (TPSA) is 46.6 Å². The molecule has 0 aliphatic carbocycles. The summed E-state index contributed by atoms with van der Waals surface area (Å²) >= 11 is 0. The zero-order valence-corrected chi connectivity index (χ0v) is 11.3. The Morgan fingerprint density at radius 1 is 1.21 bits per heavy atom. The van der Waals surface area contributed by atoms with Crippen LogP contribution in [0.5, 0.6) is 0 Å². The van der Waals surface area contributed by atoms with Gasteiger partial charge in [0.1, 0.15) is 6.04 Å². The molecule has 1 aliphatic heterocycles. The lowest BCUT2D eigenvalue weighted by atomic mass is 9.95. The maximum atomic E-state index is 12.6. The van der Waals surface area contributed by atoms with E-state index in [1.165, 1.54) is 7.11 Å². The van der Waals surface area contributed by atoms with Crippen LogP contribution < -0.4 is 0 Å². The number of carbonyl (C=O) groups is 2. The highest BCUT2D eigenvalue weighted by atomic mass is 16.5. The van der Waals surface area contributed by atoms with Gasteiger partial charge < -0.3 is 9.64 Å². The summed E-state index contributed by atoms with van der Waals surface area (Å²) in [6.07, 6.45) is 2.54. The van der Waals surface area contributed by atoms with Crippen LogP contribution in [0.15, 0.2) is 30.3 Å². The fraction of sp³-hybridized carbons (Fsp3) is 0.467. The summed E-state index contributed by atoms with van der Waals surface area (Å²) < 4.78 is 4.82. The number of hydrogen-bond donors (Lipinski definition) is 0. The van der Waals surface area contributed by atoms with Gasteiger partial charge in [0.15, 0.2) is 0 Å². The zero-order chi connectivity index (χ0) is 13.8. The number of likely N-dealkylation sites (tertiary alicyclic amines) is 1. The van der Waals surface area contributed by atoms with E-state index < -0.39 is 6.04 Å². The van der Waals surface area contributed by atoms with Crippen molar-refractivity contribution in [1.82, 2.24) is 4.90 Å². The third kappa shape index (κ3) is 2.78. The van der Waals surface area contributed by atoms with Gasteiger partial charge in [-0.05, 0) is 38.3 Å². The molecule has 0 N–H and O–H groups in total. The van der Waals surface area contributed by atoms with Crippen molar-refractivity contribution in [3.63, 3.8) is 0 Å². The van der Waals surface area contributed by atoms with E-state index in [-0.39, 0.29) is 17.9 Å². The van der Waals surface area contributed by atoms with E-state index >= 15 is 0 Å². The van der Waals surface area contributed by atoms with E-state index in [2.05, 4.69) is 0 Å². The molecule has 102 valence electrons. The van der Waals surface area contributed by atoms with Gasteiger partial charge in [0.2, 0.25) is 0 Å². The molecule has 1 heterocycles. The Morgan fingerprint density at radius 3 is 2.53 bits per heavy atom. The number of nitrogens with zero attached hydrogens (tertiary/aromatic N) is 1. The van der Waals surface area contributed by atoms with E-state index in [0.717, 1.165) is 12.8 Å². The lowest BCUT2D eigenvalue weighted by Crippen LogP contribution is -2.52. The summed E-state index contributed by atoms with van der Waals surface area (Å²) in [5.74, 6) is -0.418. The lowest BCUT2D eigenvalue weighted by molar-refractivity contribution is -0.148. The van der Waals surface area contributed by atoms with E-state index in [1.54, 1.807) is 17.0 Å². The molecule has 0 spiro atoms. The number of ether oxygens (including phenoxy) is 1. The molecule has 1 amide bonds. The highest BCUT2D eigenvalue weighted by Crippen LogP contribution is 2.25. The van der Waals surface area contributed by atoms with Crippen LogP contribution in [-0.2, 0) is 9.53 Å². The minimum Gasteiger partial charge on any atom is -0.467 e. The van der Waals surface area contributed by atoms with Gasteiger partial charge in [0.05, 0.1) is 7.11 Å². The molecule has 2 atom stereocenters. The first kappa shape index (κ1) is 13.6. The summed E-state index contributed by atoms with van der Waals surface area (Å²) in [6.45, 7) is 1.98. The van der Waals surface area contributed by atoms with Gasteiger partial charge >= 0.3 is 5.97 Å². The Bertz CT molecular complexity index is 458. The molecular formula is C15H19NO3. The summed E-state index contributed by atoms with van der Waals surface area (Å²) in [5.41, 5.74) is 0.616. The Labute approximate surface area is 113 Å². The number of amides is 1. The number of esters is 1. The number of methoxy groups -OCH3 is 1. The Morgan fingerprint density at radius 2 is 1.89 bits per heavy atom. The van der Waals surface area contributed by atoms with Gasteiger partial charge in [-0.2, -0.15) is 0 Å². The third-order valence-corrected chi connectivity index (χ3v) is 3.64. The van der Waals surface area contributed by atoms with Crippen molar-refractivity contribution in [2.45, 2.75) is 38.3 Å². The van der Waals surface area contributed by atoms with E-state index in [4.69, 9.17) is 4.74 Å². The first-order valence-electron chi connectivity index (χ1n) is 6.60.